The van der Waals surface area contributed by atoms with Crippen molar-refractivity contribution in [2.75, 3.05) is 0 Å². The highest BCUT2D eigenvalue weighted by Crippen LogP contribution is 2.28. The molecule has 0 aliphatic rings. The third-order valence-electron chi connectivity index (χ3n) is 3.20. The molecule has 0 bridgehead atoms. The zero-order valence-electron chi connectivity index (χ0n) is 10.8. The molecule has 0 radical (unpaired) electrons. The highest BCUT2D eigenvalue weighted by atomic mass is 16.1. The van der Waals surface area contributed by atoms with Gasteiger partial charge in [0.2, 0.25) is 0 Å². The normalized spacial score (nSPS) is 12.5. The average Bonchev–Trinajstić information content (AvgIpc) is 2.21. The summed E-state index contributed by atoms with van der Waals surface area (Å²) in [5, 5.41) is 0. The van der Waals surface area contributed by atoms with E-state index in [2.05, 4.69) is 39.0 Å². The Morgan fingerprint density at radius 1 is 1.31 bits per heavy atom. The lowest BCUT2D eigenvalue weighted by Gasteiger charge is -2.17. The molecule has 1 rings (SSSR count). The number of carbonyl (C=O) groups is 1. The molecule has 0 aliphatic carbocycles. The van der Waals surface area contributed by atoms with Gasteiger partial charge in [0.15, 0.2) is 0 Å². The lowest BCUT2D eigenvalue weighted by molar-refractivity contribution is -0.117. The predicted octanol–water partition coefficient (Wildman–Crippen LogP) is 4.17. The molecule has 88 valence electrons. The maximum absolute atomic E-state index is 11.0. The molecule has 1 heteroatoms. The van der Waals surface area contributed by atoms with Crippen molar-refractivity contribution in [1.29, 1.82) is 0 Å². The van der Waals surface area contributed by atoms with E-state index in [1.165, 1.54) is 16.7 Å². The fourth-order valence-corrected chi connectivity index (χ4v) is 2.24. The summed E-state index contributed by atoms with van der Waals surface area (Å²) < 4.78 is 0. The Morgan fingerprint density at radius 2 is 2.00 bits per heavy atom. The summed E-state index contributed by atoms with van der Waals surface area (Å²) in [6.45, 7) is 8.16. The van der Waals surface area contributed by atoms with Gasteiger partial charge in [-0.05, 0) is 50.7 Å². The molecule has 0 saturated heterocycles. The molecule has 1 aromatic carbocycles. The van der Waals surface area contributed by atoms with Crippen LogP contribution in [0.5, 0.6) is 0 Å². The Labute approximate surface area is 98.9 Å². The van der Waals surface area contributed by atoms with Crippen LogP contribution in [0, 0.1) is 13.8 Å². The van der Waals surface area contributed by atoms with Gasteiger partial charge in [0, 0.05) is 6.42 Å². The lowest BCUT2D eigenvalue weighted by atomic mass is 9.88. The minimum absolute atomic E-state index is 0.295. The molecule has 0 amide bonds. The molecule has 0 aliphatic heterocycles. The second-order valence-corrected chi connectivity index (χ2v) is 4.71. The number of ketones is 1. The van der Waals surface area contributed by atoms with Crippen LogP contribution in [0.4, 0.5) is 0 Å². The van der Waals surface area contributed by atoms with Crippen LogP contribution >= 0.6 is 0 Å². The van der Waals surface area contributed by atoms with Crippen molar-refractivity contribution in [2.24, 2.45) is 0 Å². The Morgan fingerprint density at radius 3 is 2.50 bits per heavy atom. The summed E-state index contributed by atoms with van der Waals surface area (Å²) in [5.41, 5.74) is 4.08. The quantitative estimate of drug-likeness (QED) is 0.725. The molecule has 0 aromatic heterocycles. The number of rotatable bonds is 5. The van der Waals surface area contributed by atoms with Gasteiger partial charge >= 0.3 is 0 Å². The smallest absolute Gasteiger partial charge is 0.129 e. The van der Waals surface area contributed by atoms with Crippen molar-refractivity contribution in [1.82, 2.24) is 0 Å². The SMILES string of the molecule is CCC(CCC(C)=O)c1ccc(C)cc1C. The Balaban J connectivity index is 2.82. The molecule has 1 atom stereocenters. The summed E-state index contributed by atoms with van der Waals surface area (Å²) in [4.78, 5) is 11.0. The second kappa shape index (κ2) is 5.83. The Hall–Kier alpha value is -1.11. The number of Topliss-reactive ketones (excluding diaryl/α,β-unsaturated/α-hetero) is 1. The van der Waals surface area contributed by atoms with Crippen molar-refractivity contribution < 1.29 is 4.79 Å². The largest absolute Gasteiger partial charge is 0.300 e. The fraction of sp³-hybridized carbons (Fsp3) is 0.533. The molecule has 1 aromatic rings. The fourth-order valence-electron chi connectivity index (χ4n) is 2.24. The van der Waals surface area contributed by atoms with Gasteiger partial charge < -0.3 is 4.79 Å². The number of carbonyl (C=O) groups excluding carboxylic acids is 1. The van der Waals surface area contributed by atoms with Gasteiger partial charge in [0.25, 0.3) is 0 Å². The zero-order valence-corrected chi connectivity index (χ0v) is 10.8. The Bertz CT molecular complexity index is 366. The van der Waals surface area contributed by atoms with E-state index >= 15 is 0 Å². The summed E-state index contributed by atoms with van der Waals surface area (Å²) >= 11 is 0. The van der Waals surface area contributed by atoms with Gasteiger partial charge in [0.05, 0.1) is 0 Å². The number of aryl methyl sites for hydroxylation is 2. The second-order valence-electron chi connectivity index (χ2n) is 4.71. The highest BCUT2D eigenvalue weighted by Gasteiger charge is 2.12. The van der Waals surface area contributed by atoms with E-state index in [-0.39, 0.29) is 0 Å². The van der Waals surface area contributed by atoms with Gasteiger partial charge in [-0.15, -0.1) is 0 Å². The average molecular weight is 218 g/mol. The first kappa shape index (κ1) is 13.0. The maximum Gasteiger partial charge on any atom is 0.129 e. The third kappa shape index (κ3) is 3.48. The molecule has 16 heavy (non-hydrogen) atoms. The van der Waals surface area contributed by atoms with Crippen molar-refractivity contribution in [3.63, 3.8) is 0 Å². The summed E-state index contributed by atoms with van der Waals surface area (Å²) in [7, 11) is 0. The van der Waals surface area contributed by atoms with E-state index in [1.54, 1.807) is 6.92 Å². The number of hydrogen-bond donors (Lipinski definition) is 0. The highest BCUT2D eigenvalue weighted by molar-refractivity contribution is 5.75. The minimum atomic E-state index is 0.295. The van der Waals surface area contributed by atoms with Crippen molar-refractivity contribution >= 4 is 5.78 Å². The number of benzene rings is 1. The van der Waals surface area contributed by atoms with Gasteiger partial charge in [-0.2, -0.15) is 0 Å². The first-order valence-corrected chi connectivity index (χ1v) is 6.11. The Kier molecular flexibility index (Phi) is 4.72. The predicted molar refractivity (Wildman–Crippen MR) is 68.9 cm³/mol. The summed E-state index contributed by atoms with van der Waals surface area (Å²) in [6.07, 6.45) is 2.79. The molecule has 0 heterocycles. The van der Waals surface area contributed by atoms with E-state index in [4.69, 9.17) is 0 Å². The first-order chi connectivity index (χ1) is 7.54. The van der Waals surface area contributed by atoms with Crippen LogP contribution in [0.3, 0.4) is 0 Å². The van der Waals surface area contributed by atoms with Crippen LogP contribution in [-0.4, -0.2) is 5.78 Å². The van der Waals surface area contributed by atoms with Gasteiger partial charge in [0.1, 0.15) is 5.78 Å². The summed E-state index contributed by atoms with van der Waals surface area (Å²) in [6, 6.07) is 6.61. The van der Waals surface area contributed by atoms with Crippen LogP contribution < -0.4 is 0 Å². The molecule has 0 N–H and O–H groups in total. The molecule has 1 unspecified atom stereocenters. The van der Waals surface area contributed by atoms with E-state index in [0.29, 0.717) is 18.1 Å². The molecular formula is C15H22O. The van der Waals surface area contributed by atoms with E-state index in [1.807, 2.05) is 0 Å². The van der Waals surface area contributed by atoms with Crippen LogP contribution in [0.1, 0.15) is 55.7 Å². The van der Waals surface area contributed by atoms with Crippen LogP contribution in [0.25, 0.3) is 0 Å². The molecular weight excluding hydrogens is 196 g/mol. The molecule has 0 spiro atoms. The van der Waals surface area contributed by atoms with Gasteiger partial charge in [-0.25, -0.2) is 0 Å². The standard InChI is InChI=1S/C15H22O/c1-5-14(8-7-13(4)16)15-9-6-11(2)10-12(15)3/h6,9-10,14H,5,7-8H2,1-4H3. The minimum Gasteiger partial charge on any atom is -0.300 e. The first-order valence-electron chi connectivity index (χ1n) is 6.11. The summed E-state index contributed by atoms with van der Waals surface area (Å²) in [5.74, 6) is 0.827. The van der Waals surface area contributed by atoms with Crippen molar-refractivity contribution in [2.45, 2.75) is 52.9 Å². The lowest BCUT2D eigenvalue weighted by Crippen LogP contribution is -2.03. The van der Waals surface area contributed by atoms with Gasteiger partial charge in [-0.3, -0.25) is 0 Å². The van der Waals surface area contributed by atoms with Crippen molar-refractivity contribution in [3.05, 3.63) is 34.9 Å². The molecule has 0 saturated carbocycles. The number of hydrogen-bond acceptors (Lipinski definition) is 1. The van der Waals surface area contributed by atoms with E-state index in [9.17, 15) is 4.79 Å². The van der Waals surface area contributed by atoms with E-state index in [0.717, 1.165) is 12.8 Å². The maximum atomic E-state index is 11.0. The van der Waals surface area contributed by atoms with E-state index < -0.39 is 0 Å². The van der Waals surface area contributed by atoms with Crippen LogP contribution in [0.15, 0.2) is 18.2 Å². The van der Waals surface area contributed by atoms with Crippen LogP contribution in [-0.2, 0) is 4.79 Å². The van der Waals surface area contributed by atoms with Crippen molar-refractivity contribution in [3.8, 4) is 0 Å². The monoisotopic (exact) mass is 218 g/mol. The van der Waals surface area contributed by atoms with Gasteiger partial charge in [-0.1, -0.05) is 30.7 Å². The molecule has 0 fully saturated rings. The van der Waals surface area contributed by atoms with Crippen LogP contribution in [0.2, 0.25) is 0 Å². The zero-order chi connectivity index (χ0) is 12.1. The third-order valence-corrected chi connectivity index (χ3v) is 3.20. The molecule has 1 nitrogen and oxygen atoms in total. The topological polar surface area (TPSA) is 17.1 Å².